The van der Waals surface area contributed by atoms with Gasteiger partial charge in [0.05, 0.1) is 23.9 Å². The van der Waals surface area contributed by atoms with E-state index in [0.717, 1.165) is 11.8 Å². The molecule has 0 aliphatic carbocycles. The maximum Gasteiger partial charge on any atom is 0.241 e. The maximum atomic E-state index is 13.4. The van der Waals surface area contributed by atoms with Crippen LogP contribution in [0.25, 0.3) is 0 Å². The van der Waals surface area contributed by atoms with E-state index in [1.165, 1.54) is 6.07 Å². The van der Waals surface area contributed by atoms with E-state index in [4.69, 9.17) is 11.6 Å². The van der Waals surface area contributed by atoms with Crippen molar-refractivity contribution in [1.29, 1.82) is 0 Å². The van der Waals surface area contributed by atoms with E-state index in [9.17, 15) is 17.9 Å². The predicted octanol–water partition coefficient (Wildman–Crippen LogP) is 3.20. The molecule has 0 amide bonds. The molecule has 2 aromatic rings. The number of anilines is 2. The van der Waals surface area contributed by atoms with E-state index in [-0.39, 0.29) is 35.5 Å². The maximum absolute atomic E-state index is 13.4. The summed E-state index contributed by atoms with van der Waals surface area (Å²) in [4.78, 5) is 12.7. The Morgan fingerprint density at radius 2 is 1.83 bits per heavy atom. The summed E-state index contributed by atoms with van der Waals surface area (Å²) >= 11 is 5.87. The van der Waals surface area contributed by atoms with E-state index < -0.39 is 15.8 Å². The number of rotatable bonds is 10. The lowest BCUT2D eigenvalue weighted by atomic mass is 9.97. The van der Waals surface area contributed by atoms with Gasteiger partial charge >= 0.3 is 0 Å². The molecule has 0 spiro atoms. The normalized spacial score (nSPS) is 13.9. The number of nitrogens with zero attached hydrogens (tertiary/aromatic N) is 3. The molecule has 0 aliphatic heterocycles. The molecule has 0 fully saturated rings. The van der Waals surface area contributed by atoms with Crippen LogP contribution in [0, 0.1) is 11.7 Å². The molecule has 3 N–H and O–H groups in total. The number of aliphatic hydroxyl groups excluding tert-OH is 1. The third-order valence-corrected chi connectivity index (χ3v) is 5.11. The van der Waals surface area contributed by atoms with Gasteiger partial charge in [0.15, 0.2) is 0 Å². The first-order valence-electron chi connectivity index (χ1n) is 9.52. The van der Waals surface area contributed by atoms with Gasteiger partial charge in [-0.2, -0.15) is 15.0 Å². The first-order valence-corrected chi connectivity index (χ1v) is 11.8. The second-order valence-electron chi connectivity index (χ2n) is 7.71. The van der Waals surface area contributed by atoms with Crippen LogP contribution in [-0.2, 0) is 16.4 Å². The van der Waals surface area contributed by atoms with Gasteiger partial charge in [-0.05, 0) is 36.0 Å². The van der Waals surface area contributed by atoms with Crippen LogP contribution in [-0.4, -0.2) is 47.4 Å². The highest BCUT2D eigenvalue weighted by Crippen LogP contribution is 2.25. The summed E-state index contributed by atoms with van der Waals surface area (Å²) in [6.45, 7) is 5.82. The first kappa shape index (κ1) is 24.2. The summed E-state index contributed by atoms with van der Waals surface area (Å²) in [7, 11) is -3.59. The quantitative estimate of drug-likeness (QED) is 0.499. The van der Waals surface area contributed by atoms with Gasteiger partial charge < -0.3 is 10.4 Å². The number of hydrogen-bond acceptors (Lipinski definition) is 7. The van der Waals surface area contributed by atoms with Crippen LogP contribution >= 0.6 is 11.6 Å². The molecule has 2 unspecified atom stereocenters. The van der Waals surface area contributed by atoms with Gasteiger partial charge in [0.1, 0.15) is 11.6 Å². The predicted molar refractivity (Wildman–Crippen MR) is 116 cm³/mol. The topological polar surface area (TPSA) is 117 Å². The molecule has 2 atom stereocenters. The minimum atomic E-state index is -3.59. The first-order chi connectivity index (χ1) is 14.0. The van der Waals surface area contributed by atoms with Crippen molar-refractivity contribution >= 4 is 33.5 Å². The van der Waals surface area contributed by atoms with Crippen LogP contribution in [0.3, 0.4) is 0 Å². The Labute approximate surface area is 181 Å². The number of halogens is 2. The number of benzene rings is 1. The van der Waals surface area contributed by atoms with E-state index >= 15 is 0 Å². The minimum Gasteiger partial charge on any atom is -0.394 e. The van der Waals surface area contributed by atoms with Crippen LogP contribution in [0.1, 0.15) is 44.5 Å². The molecule has 0 bridgehead atoms. The van der Waals surface area contributed by atoms with Crippen LogP contribution in [0.4, 0.5) is 16.3 Å². The molecule has 30 heavy (non-hydrogen) atoms. The largest absolute Gasteiger partial charge is 0.394 e. The Morgan fingerprint density at radius 3 is 2.40 bits per heavy atom. The van der Waals surface area contributed by atoms with Crippen molar-refractivity contribution in [3.8, 4) is 0 Å². The van der Waals surface area contributed by atoms with Crippen molar-refractivity contribution in [2.75, 3.05) is 22.9 Å². The van der Waals surface area contributed by atoms with E-state index in [1.807, 2.05) is 20.8 Å². The second kappa shape index (κ2) is 10.3. The highest BCUT2D eigenvalue weighted by Gasteiger charge is 2.17. The van der Waals surface area contributed by atoms with Gasteiger partial charge in [-0.25, -0.2) is 12.8 Å². The van der Waals surface area contributed by atoms with Crippen molar-refractivity contribution in [3.63, 3.8) is 0 Å². The molecular weight excluding hydrogens is 433 g/mol. The Bertz CT molecular complexity index is 975. The van der Waals surface area contributed by atoms with E-state index in [1.54, 1.807) is 12.1 Å². The van der Waals surface area contributed by atoms with Crippen molar-refractivity contribution < 1.29 is 17.9 Å². The molecule has 11 heteroatoms. The summed E-state index contributed by atoms with van der Waals surface area (Å²) in [5.41, 5.74) is 0.794. The molecule has 2 rings (SSSR count). The SMILES string of the molecule is CC(C)CC(CO)Nc1nc(CC(C)c2ccc(F)c(Cl)c2)nc(NS(C)(=O)=O)n1. The van der Waals surface area contributed by atoms with E-state index in [2.05, 4.69) is 25.0 Å². The number of sulfonamides is 1. The molecule has 166 valence electrons. The summed E-state index contributed by atoms with van der Waals surface area (Å²) in [5, 5.41) is 12.7. The molecule has 0 saturated heterocycles. The van der Waals surface area contributed by atoms with Crippen LogP contribution < -0.4 is 10.0 Å². The number of nitrogens with one attached hydrogen (secondary N) is 2. The third kappa shape index (κ3) is 7.66. The molecule has 0 aliphatic rings. The number of aromatic nitrogens is 3. The number of aliphatic hydroxyl groups is 1. The Morgan fingerprint density at radius 1 is 1.17 bits per heavy atom. The third-order valence-electron chi connectivity index (χ3n) is 4.27. The Kier molecular flexibility index (Phi) is 8.34. The van der Waals surface area contributed by atoms with Crippen LogP contribution in [0.15, 0.2) is 18.2 Å². The highest BCUT2D eigenvalue weighted by atomic mass is 35.5. The highest BCUT2D eigenvalue weighted by molar-refractivity contribution is 7.91. The molecule has 0 saturated carbocycles. The standard InChI is InChI=1S/C19H27ClFN5O3S/c1-11(2)7-14(10-27)22-18-23-17(24-19(25-18)26-30(4,28)29)8-12(3)13-5-6-16(21)15(20)9-13/h5-6,9,11-12,14,27H,7-8,10H2,1-4H3,(H2,22,23,24,25,26). The Balaban J connectivity index is 2.31. The number of hydrogen-bond donors (Lipinski definition) is 3. The van der Waals surface area contributed by atoms with Gasteiger partial charge in [-0.3, -0.25) is 4.72 Å². The lowest BCUT2D eigenvalue weighted by Crippen LogP contribution is -2.27. The van der Waals surface area contributed by atoms with Crippen LogP contribution in [0.5, 0.6) is 0 Å². The monoisotopic (exact) mass is 459 g/mol. The fourth-order valence-electron chi connectivity index (χ4n) is 2.93. The molecular formula is C19H27ClFN5O3S. The molecule has 1 aromatic heterocycles. The summed E-state index contributed by atoms with van der Waals surface area (Å²) in [6.07, 6.45) is 2.02. The lowest BCUT2D eigenvalue weighted by Gasteiger charge is -2.19. The molecule has 1 aromatic carbocycles. The Hall–Kier alpha value is -2.04. The second-order valence-corrected chi connectivity index (χ2v) is 9.86. The van der Waals surface area contributed by atoms with Gasteiger partial charge in [-0.15, -0.1) is 0 Å². The van der Waals surface area contributed by atoms with Gasteiger partial charge in [-0.1, -0.05) is 38.4 Å². The minimum absolute atomic E-state index is 0.0243. The van der Waals surface area contributed by atoms with Gasteiger partial charge in [0, 0.05) is 6.42 Å². The fraction of sp³-hybridized carbons (Fsp3) is 0.526. The fourth-order valence-corrected chi connectivity index (χ4v) is 3.54. The van der Waals surface area contributed by atoms with Gasteiger partial charge in [0.25, 0.3) is 0 Å². The zero-order valence-electron chi connectivity index (χ0n) is 17.4. The molecule has 1 heterocycles. The van der Waals surface area contributed by atoms with Gasteiger partial charge in [0.2, 0.25) is 21.9 Å². The summed E-state index contributed by atoms with van der Waals surface area (Å²) in [6, 6.07) is 4.18. The zero-order valence-corrected chi connectivity index (χ0v) is 18.9. The van der Waals surface area contributed by atoms with Crippen molar-refractivity contribution in [1.82, 2.24) is 15.0 Å². The van der Waals surface area contributed by atoms with Crippen molar-refractivity contribution in [3.05, 3.63) is 40.4 Å². The average Bonchev–Trinajstić information content (AvgIpc) is 2.61. The lowest BCUT2D eigenvalue weighted by molar-refractivity contribution is 0.259. The zero-order chi connectivity index (χ0) is 22.5. The average molecular weight is 460 g/mol. The van der Waals surface area contributed by atoms with E-state index in [0.29, 0.717) is 24.6 Å². The summed E-state index contributed by atoms with van der Waals surface area (Å²) in [5.74, 6) is 0.0965. The summed E-state index contributed by atoms with van der Waals surface area (Å²) < 4.78 is 39.0. The van der Waals surface area contributed by atoms with Crippen molar-refractivity contribution in [2.45, 2.75) is 45.6 Å². The van der Waals surface area contributed by atoms with Crippen molar-refractivity contribution in [2.24, 2.45) is 5.92 Å². The molecule has 8 nitrogen and oxygen atoms in total. The van der Waals surface area contributed by atoms with Crippen LogP contribution in [0.2, 0.25) is 5.02 Å². The molecule has 0 radical (unpaired) electrons. The smallest absolute Gasteiger partial charge is 0.241 e.